The Bertz CT molecular complexity index is 1680. The molecule has 49 heavy (non-hydrogen) atoms. The summed E-state index contributed by atoms with van der Waals surface area (Å²) < 4.78 is 6.64. The van der Waals surface area contributed by atoms with Crippen LogP contribution >= 0.6 is 9.24 Å². The van der Waals surface area contributed by atoms with Crippen molar-refractivity contribution in [2.75, 3.05) is 29.4 Å². The molecule has 0 saturated carbocycles. The van der Waals surface area contributed by atoms with E-state index in [2.05, 4.69) is 89.8 Å². The third-order valence-electron chi connectivity index (χ3n) is 10.6. The van der Waals surface area contributed by atoms with Gasteiger partial charge in [0.15, 0.2) is 0 Å². The fourth-order valence-electron chi connectivity index (χ4n) is 7.38. The molecule has 2 aromatic rings. The summed E-state index contributed by atoms with van der Waals surface area (Å²) in [5.74, 6) is -0.147. The van der Waals surface area contributed by atoms with Gasteiger partial charge in [0.05, 0.1) is 12.2 Å². The quantitative estimate of drug-likeness (QED) is 0.110. The number of amides is 3. The maximum atomic E-state index is 13.1. The van der Waals surface area contributed by atoms with Gasteiger partial charge in [0.1, 0.15) is 6.04 Å². The molecule has 0 aliphatic carbocycles. The van der Waals surface area contributed by atoms with Gasteiger partial charge >= 0.3 is 0 Å². The van der Waals surface area contributed by atoms with Crippen molar-refractivity contribution >= 4 is 49.6 Å². The second-order valence-corrected chi connectivity index (χ2v) is 15.1. The number of carbonyl (C=O) groups is 3. The smallest absolute Gasteiger partial charge is 0.255 e. The Morgan fingerprint density at radius 3 is 2.47 bits per heavy atom. The van der Waals surface area contributed by atoms with E-state index in [4.69, 9.17) is 10.1 Å². The maximum absolute atomic E-state index is 13.1. The van der Waals surface area contributed by atoms with E-state index >= 15 is 0 Å². The number of hydrogen-bond donors (Lipinski definition) is 2. The van der Waals surface area contributed by atoms with Crippen molar-refractivity contribution in [3.05, 3.63) is 76.6 Å². The van der Waals surface area contributed by atoms with Crippen LogP contribution in [0.2, 0.25) is 0 Å². The predicted molar refractivity (Wildman–Crippen MR) is 201 cm³/mol. The zero-order valence-electron chi connectivity index (χ0n) is 30.0. The minimum atomic E-state index is -0.616. The lowest BCUT2D eigenvalue weighted by atomic mass is 9.88. The number of aryl methyl sites for hydroxylation is 1. The van der Waals surface area contributed by atoms with Crippen molar-refractivity contribution < 1.29 is 19.1 Å². The van der Waals surface area contributed by atoms with Gasteiger partial charge in [-0.25, -0.2) is 0 Å². The van der Waals surface area contributed by atoms with Crippen molar-refractivity contribution in [2.24, 2.45) is 11.8 Å². The van der Waals surface area contributed by atoms with Gasteiger partial charge in [0.2, 0.25) is 11.8 Å². The number of carbonyl (C=O) groups excluding carboxylic acids is 3. The van der Waals surface area contributed by atoms with Crippen LogP contribution < -0.4 is 15.1 Å². The van der Waals surface area contributed by atoms with Crippen LogP contribution in [-0.2, 0) is 20.9 Å². The van der Waals surface area contributed by atoms with Gasteiger partial charge < -0.3 is 24.8 Å². The average Bonchev–Trinajstić information content (AvgIpc) is 3.35. The number of ether oxygens (including phenoxy) is 1. The standard InChI is InChI=1S/C39H52N5O4P/c1-9-22(2)25(5)27(7)43(35-17-29(11-10-23(35)3)37(26(6)40)28(8)49)18-24(4)48-32-20-42(21-32)31-12-13-33-30(16-31)19-44(39(33)47)34-14-15-36(45)41-38(34)46/h9-13,16-17,22,24-25,27,32,34,40H,1,14-15,18-21,49H2,2-8H3,(H,41,45,46)/b37-28+,40-26?/t22?,24?,25-,27+,34?/m0/s1. The van der Waals surface area contributed by atoms with E-state index in [1.807, 2.05) is 32.1 Å². The third kappa shape index (κ3) is 7.68. The summed E-state index contributed by atoms with van der Waals surface area (Å²) in [4.78, 5) is 43.5. The summed E-state index contributed by atoms with van der Waals surface area (Å²) in [5, 5.41) is 11.8. The summed E-state index contributed by atoms with van der Waals surface area (Å²) in [5.41, 5.74) is 7.44. The molecule has 3 aliphatic heterocycles. The zero-order valence-corrected chi connectivity index (χ0v) is 31.2. The lowest BCUT2D eigenvalue weighted by Crippen LogP contribution is -2.54. The van der Waals surface area contributed by atoms with Crippen molar-refractivity contribution in [2.45, 2.75) is 92.1 Å². The Morgan fingerprint density at radius 1 is 1.12 bits per heavy atom. The first-order chi connectivity index (χ1) is 23.2. The number of allylic oxidation sites excluding steroid dienone is 3. The molecule has 3 aliphatic rings. The van der Waals surface area contributed by atoms with Crippen LogP contribution in [0.1, 0.15) is 81.4 Å². The highest BCUT2D eigenvalue weighted by Crippen LogP contribution is 2.35. The molecular formula is C39H52N5O4P. The molecule has 9 nitrogen and oxygen atoms in total. The van der Waals surface area contributed by atoms with Gasteiger partial charge in [-0.3, -0.25) is 19.7 Å². The highest BCUT2D eigenvalue weighted by atomic mass is 31.0. The lowest BCUT2D eigenvalue weighted by Gasteiger charge is -2.44. The van der Waals surface area contributed by atoms with Crippen LogP contribution in [0.25, 0.3) is 5.57 Å². The van der Waals surface area contributed by atoms with E-state index in [9.17, 15) is 14.4 Å². The van der Waals surface area contributed by atoms with E-state index in [-0.39, 0.29) is 36.5 Å². The molecule has 0 radical (unpaired) electrons. The SMILES string of the molecule is C=CC(C)[C@H](C)[C@@H](C)N(CC(C)OC1CN(c2ccc3c(c2)CN(C2CCC(=O)NC2=O)C3=O)C1)c1cc(/C(C(C)=N)=C(\C)P)ccc1C. The molecule has 3 heterocycles. The molecule has 2 aromatic carbocycles. The molecule has 5 rings (SSSR count). The Balaban J connectivity index is 1.26. The maximum Gasteiger partial charge on any atom is 0.255 e. The summed E-state index contributed by atoms with van der Waals surface area (Å²) >= 11 is 0. The van der Waals surface area contributed by atoms with Crippen LogP contribution in [0.15, 0.2) is 54.4 Å². The van der Waals surface area contributed by atoms with Crippen molar-refractivity contribution in [3.8, 4) is 0 Å². The Morgan fingerprint density at radius 2 is 1.84 bits per heavy atom. The lowest BCUT2D eigenvalue weighted by molar-refractivity contribution is -0.136. The summed E-state index contributed by atoms with van der Waals surface area (Å²) in [6.07, 6.45) is 2.67. The number of nitrogens with one attached hydrogen (secondary N) is 2. The van der Waals surface area contributed by atoms with Gasteiger partial charge in [0.25, 0.3) is 5.91 Å². The molecule has 2 N–H and O–H groups in total. The molecular weight excluding hydrogens is 633 g/mol. The first-order valence-corrected chi connectivity index (χ1v) is 18.0. The number of hydrogen-bond acceptors (Lipinski definition) is 7. The topological polar surface area (TPSA) is 106 Å². The van der Waals surface area contributed by atoms with Crippen LogP contribution in [-0.4, -0.2) is 72.3 Å². The van der Waals surface area contributed by atoms with Gasteiger partial charge in [-0.1, -0.05) is 32.1 Å². The number of fused-ring (bicyclic) bond motifs is 1. The monoisotopic (exact) mass is 685 g/mol. The van der Waals surface area contributed by atoms with Crippen molar-refractivity contribution in [1.29, 1.82) is 5.41 Å². The number of piperidine rings is 1. The fraction of sp³-hybridized carbons (Fsp3) is 0.487. The normalized spacial score (nSPS) is 20.9. The molecule has 3 amide bonds. The van der Waals surface area contributed by atoms with Crippen LogP contribution in [0.3, 0.4) is 0 Å². The highest BCUT2D eigenvalue weighted by Gasteiger charge is 2.40. The van der Waals surface area contributed by atoms with E-state index in [0.29, 0.717) is 36.1 Å². The molecule has 0 aromatic heterocycles. The predicted octanol–water partition coefficient (Wildman–Crippen LogP) is 6.35. The Labute approximate surface area is 293 Å². The zero-order chi connectivity index (χ0) is 35.7. The number of anilines is 2. The number of benzene rings is 2. The first kappa shape index (κ1) is 36.5. The summed E-state index contributed by atoms with van der Waals surface area (Å²) in [6.45, 7) is 21.6. The van der Waals surface area contributed by atoms with E-state index in [0.717, 1.165) is 53.0 Å². The van der Waals surface area contributed by atoms with Gasteiger partial charge in [-0.15, -0.1) is 15.8 Å². The minimum absolute atomic E-state index is 0.0356. The largest absolute Gasteiger partial charge is 0.370 e. The first-order valence-electron chi connectivity index (χ1n) is 17.4. The molecule has 10 heteroatoms. The van der Waals surface area contributed by atoms with Crippen LogP contribution in [0.4, 0.5) is 11.4 Å². The second kappa shape index (κ2) is 15.0. The van der Waals surface area contributed by atoms with Crippen LogP contribution in [0, 0.1) is 24.2 Å². The van der Waals surface area contributed by atoms with Crippen LogP contribution in [0.5, 0.6) is 0 Å². The molecule has 6 atom stereocenters. The summed E-state index contributed by atoms with van der Waals surface area (Å²) in [6, 6.07) is 12.0. The number of nitrogens with zero attached hydrogens (tertiary/aromatic N) is 3. The molecule has 4 unspecified atom stereocenters. The molecule has 2 fully saturated rings. The average molecular weight is 686 g/mol. The van der Waals surface area contributed by atoms with E-state index in [1.165, 1.54) is 5.56 Å². The van der Waals surface area contributed by atoms with Gasteiger partial charge in [0, 0.05) is 66.9 Å². The Hall–Kier alpha value is -3.81. The van der Waals surface area contributed by atoms with Gasteiger partial charge in [-0.05, 0) is 99.1 Å². The Kier molecular flexibility index (Phi) is 11.1. The molecule has 0 bridgehead atoms. The molecule has 262 valence electrons. The number of rotatable bonds is 13. The van der Waals surface area contributed by atoms with Crippen molar-refractivity contribution in [3.63, 3.8) is 0 Å². The minimum Gasteiger partial charge on any atom is -0.370 e. The third-order valence-corrected chi connectivity index (χ3v) is 10.9. The van der Waals surface area contributed by atoms with E-state index in [1.54, 1.807) is 4.90 Å². The van der Waals surface area contributed by atoms with Crippen molar-refractivity contribution in [1.82, 2.24) is 10.2 Å². The van der Waals surface area contributed by atoms with E-state index < -0.39 is 11.9 Å². The molecule has 2 saturated heterocycles. The number of imide groups is 1. The molecule has 0 spiro atoms. The second-order valence-electron chi connectivity index (χ2n) is 14.2. The van der Waals surface area contributed by atoms with Gasteiger partial charge in [-0.2, -0.15) is 0 Å². The fourth-order valence-corrected chi connectivity index (χ4v) is 7.76. The highest BCUT2D eigenvalue weighted by molar-refractivity contribution is 7.23. The summed E-state index contributed by atoms with van der Waals surface area (Å²) in [7, 11) is 2.76.